The zero-order valence-electron chi connectivity index (χ0n) is 11.4. The summed E-state index contributed by atoms with van der Waals surface area (Å²) in [5.74, 6) is 0. The number of likely N-dealkylation sites (N-methyl/N-ethyl adjacent to an activating group) is 1. The van der Waals surface area contributed by atoms with Crippen LogP contribution in [0.25, 0.3) is 0 Å². The highest BCUT2D eigenvalue weighted by atomic mass is 35.5. The van der Waals surface area contributed by atoms with E-state index < -0.39 is 0 Å². The molecule has 0 saturated carbocycles. The van der Waals surface area contributed by atoms with Gasteiger partial charge >= 0.3 is 0 Å². The molecule has 1 heterocycles. The summed E-state index contributed by atoms with van der Waals surface area (Å²) in [6.45, 7) is 5.92. The first kappa shape index (κ1) is 15.1. The standard InChI is InChI=1S/C14H21Cl2N3/c1-10-9-19(4-3-18(10)2)14(8-17)11-5-12(15)7-13(16)6-11/h5-7,10,14H,3-4,8-9,17H2,1-2H3. The molecule has 0 amide bonds. The Morgan fingerprint density at radius 1 is 1.26 bits per heavy atom. The third kappa shape index (κ3) is 3.61. The molecule has 3 nitrogen and oxygen atoms in total. The number of benzene rings is 1. The van der Waals surface area contributed by atoms with E-state index in [-0.39, 0.29) is 6.04 Å². The average Bonchev–Trinajstić information content (AvgIpc) is 2.33. The maximum atomic E-state index is 6.09. The molecule has 0 spiro atoms. The molecule has 1 aromatic rings. The first-order chi connectivity index (χ1) is 9.01. The molecule has 0 bridgehead atoms. The minimum atomic E-state index is 0.187. The van der Waals surface area contributed by atoms with Gasteiger partial charge in [-0.2, -0.15) is 0 Å². The normalized spacial score (nSPS) is 23.5. The monoisotopic (exact) mass is 301 g/mol. The van der Waals surface area contributed by atoms with Crippen LogP contribution in [0.1, 0.15) is 18.5 Å². The van der Waals surface area contributed by atoms with Gasteiger partial charge < -0.3 is 10.6 Å². The second kappa shape index (κ2) is 6.42. The lowest BCUT2D eigenvalue weighted by atomic mass is 10.0. The fourth-order valence-corrected chi connectivity index (χ4v) is 3.17. The van der Waals surface area contributed by atoms with Gasteiger partial charge in [0, 0.05) is 48.3 Å². The zero-order valence-corrected chi connectivity index (χ0v) is 13.0. The topological polar surface area (TPSA) is 32.5 Å². The van der Waals surface area contributed by atoms with E-state index in [9.17, 15) is 0 Å². The highest BCUT2D eigenvalue weighted by Gasteiger charge is 2.27. The van der Waals surface area contributed by atoms with Gasteiger partial charge in [-0.3, -0.25) is 4.90 Å². The molecule has 2 atom stereocenters. The average molecular weight is 302 g/mol. The first-order valence-corrected chi connectivity index (χ1v) is 7.37. The molecular formula is C14H21Cl2N3. The number of hydrogen-bond acceptors (Lipinski definition) is 3. The summed E-state index contributed by atoms with van der Waals surface area (Å²) in [6.07, 6.45) is 0. The summed E-state index contributed by atoms with van der Waals surface area (Å²) in [5, 5.41) is 1.34. The van der Waals surface area contributed by atoms with Crippen molar-refractivity contribution in [2.45, 2.75) is 19.0 Å². The summed E-state index contributed by atoms with van der Waals surface area (Å²) in [7, 11) is 2.16. The number of nitrogens with zero attached hydrogens (tertiary/aromatic N) is 2. The SMILES string of the molecule is CC1CN(C(CN)c2cc(Cl)cc(Cl)c2)CCN1C. The predicted octanol–water partition coefficient (Wildman–Crippen LogP) is 2.63. The Bertz CT molecular complexity index is 418. The van der Waals surface area contributed by atoms with Crippen molar-refractivity contribution in [3.05, 3.63) is 33.8 Å². The van der Waals surface area contributed by atoms with Crippen molar-refractivity contribution < 1.29 is 0 Å². The van der Waals surface area contributed by atoms with E-state index in [0.717, 1.165) is 25.2 Å². The largest absolute Gasteiger partial charge is 0.329 e. The smallest absolute Gasteiger partial charge is 0.0472 e. The molecular weight excluding hydrogens is 281 g/mol. The minimum absolute atomic E-state index is 0.187. The van der Waals surface area contributed by atoms with Crippen LogP contribution >= 0.6 is 23.2 Å². The maximum Gasteiger partial charge on any atom is 0.0472 e. The van der Waals surface area contributed by atoms with Crippen molar-refractivity contribution in [3.63, 3.8) is 0 Å². The van der Waals surface area contributed by atoms with E-state index in [1.54, 1.807) is 6.07 Å². The molecule has 0 aromatic heterocycles. The molecule has 19 heavy (non-hydrogen) atoms. The van der Waals surface area contributed by atoms with Crippen molar-refractivity contribution >= 4 is 23.2 Å². The molecule has 106 valence electrons. The van der Waals surface area contributed by atoms with Crippen molar-refractivity contribution in [2.75, 3.05) is 33.2 Å². The Morgan fingerprint density at radius 3 is 2.42 bits per heavy atom. The number of piperazine rings is 1. The molecule has 2 rings (SSSR count). The van der Waals surface area contributed by atoms with Gasteiger partial charge in [0.2, 0.25) is 0 Å². The molecule has 2 unspecified atom stereocenters. The predicted molar refractivity (Wildman–Crippen MR) is 81.9 cm³/mol. The molecule has 0 radical (unpaired) electrons. The summed E-state index contributed by atoms with van der Waals surface area (Å²) >= 11 is 12.2. The zero-order chi connectivity index (χ0) is 14.0. The molecule has 0 aliphatic carbocycles. The quantitative estimate of drug-likeness (QED) is 0.931. The van der Waals surface area contributed by atoms with E-state index >= 15 is 0 Å². The lowest BCUT2D eigenvalue weighted by Crippen LogP contribution is -2.52. The Labute approximate surface area is 125 Å². The molecule has 1 aromatic carbocycles. The number of halogens is 2. The maximum absolute atomic E-state index is 6.09. The van der Waals surface area contributed by atoms with Gasteiger partial charge in [-0.1, -0.05) is 23.2 Å². The highest BCUT2D eigenvalue weighted by Crippen LogP contribution is 2.28. The summed E-state index contributed by atoms with van der Waals surface area (Å²) < 4.78 is 0. The second-order valence-corrected chi connectivity index (χ2v) is 6.15. The van der Waals surface area contributed by atoms with Crippen molar-refractivity contribution in [1.82, 2.24) is 9.80 Å². The fraction of sp³-hybridized carbons (Fsp3) is 0.571. The van der Waals surface area contributed by atoms with Crippen LogP contribution in [-0.2, 0) is 0 Å². The van der Waals surface area contributed by atoms with Gasteiger partial charge in [-0.15, -0.1) is 0 Å². The van der Waals surface area contributed by atoms with Crippen LogP contribution in [0.2, 0.25) is 10.0 Å². The van der Waals surface area contributed by atoms with Crippen LogP contribution < -0.4 is 5.73 Å². The first-order valence-electron chi connectivity index (χ1n) is 6.61. The summed E-state index contributed by atoms with van der Waals surface area (Å²) in [5.41, 5.74) is 7.08. The Hall–Kier alpha value is -0.320. The number of hydrogen-bond donors (Lipinski definition) is 1. The number of nitrogens with two attached hydrogens (primary N) is 1. The third-order valence-electron chi connectivity index (χ3n) is 3.92. The summed E-state index contributed by atoms with van der Waals surface area (Å²) in [4.78, 5) is 4.79. The molecule has 5 heteroatoms. The van der Waals surface area contributed by atoms with Crippen molar-refractivity contribution in [3.8, 4) is 0 Å². The van der Waals surface area contributed by atoms with E-state index in [2.05, 4.69) is 23.8 Å². The van der Waals surface area contributed by atoms with E-state index in [1.807, 2.05) is 12.1 Å². The molecule has 2 N–H and O–H groups in total. The van der Waals surface area contributed by atoms with E-state index in [4.69, 9.17) is 28.9 Å². The van der Waals surface area contributed by atoms with Crippen LogP contribution in [0.4, 0.5) is 0 Å². The Kier molecular flexibility index (Phi) is 5.09. The third-order valence-corrected chi connectivity index (χ3v) is 4.36. The molecule has 1 aliphatic heterocycles. The molecule has 1 fully saturated rings. The second-order valence-electron chi connectivity index (χ2n) is 5.28. The summed E-state index contributed by atoms with van der Waals surface area (Å²) in [6, 6.07) is 6.42. The molecule has 1 saturated heterocycles. The van der Waals surface area contributed by atoms with Crippen LogP contribution in [-0.4, -0.2) is 49.1 Å². The van der Waals surface area contributed by atoms with Crippen molar-refractivity contribution in [1.29, 1.82) is 0 Å². The number of rotatable bonds is 3. The van der Waals surface area contributed by atoms with Gasteiger partial charge in [0.15, 0.2) is 0 Å². The minimum Gasteiger partial charge on any atom is -0.329 e. The fourth-order valence-electron chi connectivity index (χ4n) is 2.62. The highest BCUT2D eigenvalue weighted by molar-refractivity contribution is 6.34. The van der Waals surface area contributed by atoms with E-state index in [1.165, 1.54) is 0 Å². The molecule has 1 aliphatic rings. The van der Waals surface area contributed by atoms with Gasteiger partial charge in [0.05, 0.1) is 0 Å². The Morgan fingerprint density at radius 2 is 1.89 bits per heavy atom. The lowest BCUT2D eigenvalue weighted by Gasteiger charge is -2.41. The van der Waals surface area contributed by atoms with Crippen LogP contribution in [0.3, 0.4) is 0 Å². The van der Waals surface area contributed by atoms with Gasteiger partial charge in [0.1, 0.15) is 0 Å². The van der Waals surface area contributed by atoms with E-state index in [0.29, 0.717) is 22.6 Å². The van der Waals surface area contributed by atoms with Gasteiger partial charge in [-0.25, -0.2) is 0 Å². The van der Waals surface area contributed by atoms with Crippen LogP contribution in [0, 0.1) is 0 Å². The van der Waals surface area contributed by atoms with Crippen molar-refractivity contribution in [2.24, 2.45) is 5.73 Å². The van der Waals surface area contributed by atoms with Gasteiger partial charge in [-0.05, 0) is 37.7 Å². The van der Waals surface area contributed by atoms with Crippen LogP contribution in [0.5, 0.6) is 0 Å². The van der Waals surface area contributed by atoms with Gasteiger partial charge in [0.25, 0.3) is 0 Å². The Balaban J connectivity index is 2.19. The lowest BCUT2D eigenvalue weighted by molar-refractivity contribution is 0.0741. The van der Waals surface area contributed by atoms with Crippen LogP contribution in [0.15, 0.2) is 18.2 Å².